The largest absolute Gasteiger partial charge is 0.303 e. The van der Waals surface area contributed by atoms with Gasteiger partial charge in [-0.2, -0.15) is 0 Å². The van der Waals surface area contributed by atoms with Crippen LogP contribution in [0.15, 0.2) is 12.2 Å². The lowest BCUT2D eigenvalue weighted by Crippen LogP contribution is -1.82. The maximum atomic E-state index is 10.2. The Morgan fingerprint density at radius 2 is 2.27 bits per heavy atom. The molecule has 2 atom stereocenters. The van der Waals surface area contributed by atoms with Crippen molar-refractivity contribution in [1.82, 2.24) is 0 Å². The molecule has 11 heavy (non-hydrogen) atoms. The fraction of sp³-hybridized carbons (Fsp3) is 0.700. The Bertz CT molecular complexity index is 149. The molecule has 1 saturated carbocycles. The van der Waals surface area contributed by atoms with E-state index in [-0.39, 0.29) is 0 Å². The van der Waals surface area contributed by atoms with Gasteiger partial charge in [0.05, 0.1) is 0 Å². The summed E-state index contributed by atoms with van der Waals surface area (Å²) in [4.78, 5) is 10.2. The van der Waals surface area contributed by atoms with Gasteiger partial charge >= 0.3 is 0 Å². The van der Waals surface area contributed by atoms with E-state index in [2.05, 4.69) is 19.1 Å². The van der Waals surface area contributed by atoms with Crippen LogP contribution < -0.4 is 0 Å². The van der Waals surface area contributed by atoms with Gasteiger partial charge in [-0.05, 0) is 31.6 Å². The molecule has 0 saturated heterocycles. The minimum absolute atomic E-state index is 0.407. The van der Waals surface area contributed by atoms with E-state index in [9.17, 15) is 4.79 Å². The average molecular weight is 152 g/mol. The second-order valence-corrected chi connectivity index (χ2v) is 3.25. The van der Waals surface area contributed by atoms with Crippen molar-refractivity contribution in [3.05, 3.63) is 12.2 Å². The summed E-state index contributed by atoms with van der Waals surface area (Å²) in [6, 6.07) is 0. The molecule has 0 heterocycles. The molecule has 0 aromatic heterocycles. The van der Waals surface area contributed by atoms with Gasteiger partial charge in [-0.1, -0.05) is 19.1 Å². The van der Waals surface area contributed by atoms with E-state index in [1.165, 1.54) is 6.42 Å². The molecule has 1 nitrogen and oxygen atoms in total. The number of carbonyl (C=O) groups excluding carboxylic acids is 1. The molecule has 1 aliphatic carbocycles. The molecule has 0 radical (unpaired) electrons. The molecule has 1 fully saturated rings. The molecular weight excluding hydrogens is 136 g/mol. The van der Waals surface area contributed by atoms with E-state index in [1.54, 1.807) is 0 Å². The number of hydrogen-bond acceptors (Lipinski definition) is 1. The van der Waals surface area contributed by atoms with E-state index in [0.717, 1.165) is 25.5 Å². The maximum Gasteiger partial charge on any atom is 0.123 e. The standard InChI is InChI=1S/C10H16O/c1-2-3-4-5-6-9-7-10(9)8-11/h3-4,8-10H,2,5-7H2,1H3. The van der Waals surface area contributed by atoms with E-state index in [0.29, 0.717) is 11.8 Å². The molecule has 0 aromatic rings. The highest BCUT2D eigenvalue weighted by Gasteiger charge is 2.35. The number of allylic oxidation sites excluding steroid dienone is 2. The third kappa shape index (κ3) is 2.87. The van der Waals surface area contributed by atoms with Gasteiger partial charge in [0, 0.05) is 5.92 Å². The minimum Gasteiger partial charge on any atom is -0.303 e. The smallest absolute Gasteiger partial charge is 0.123 e. The summed E-state index contributed by atoms with van der Waals surface area (Å²) in [5.41, 5.74) is 0. The molecule has 0 spiro atoms. The lowest BCUT2D eigenvalue weighted by molar-refractivity contribution is -0.109. The van der Waals surface area contributed by atoms with Crippen LogP contribution in [-0.2, 0) is 4.79 Å². The van der Waals surface area contributed by atoms with Crippen LogP contribution in [0.1, 0.15) is 32.6 Å². The molecule has 0 bridgehead atoms. The molecule has 0 aromatic carbocycles. The molecule has 0 aliphatic heterocycles. The summed E-state index contributed by atoms with van der Waals surface area (Å²) in [5, 5.41) is 0. The van der Waals surface area contributed by atoms with Crippen molar-refractivity contribution in [3.63, 3.8) is 0 Å². The van der Waals surface area contributed by atoms with Gasteiger partial charge in [-0.15, -0.1) is 0 Å². The Hall–Kier alpha value is -0.590. The first-order valence-electron chi connectivity index (χ1n) is 4.48. The summed E-state index contributed by atoms with van der Waals surface area (Å²) in [6.45, 7) is 2.14. The Morgan fingerprint density at radius 1 is 1.45 bits per heavy atom. The lowest BCUT2D eigenvalue weighted by Gasteiger charge is -1.89. The summed E-state index contributed by atoms with van der Waals surface area (Å²) in [6.07, 6.45) is 10.2. The van der Waals surface area contributed by atoms with E-state index < -0.39 is 0 Å². The molecule has 1 heteroatoms. The first-order valence-corrected chi connectivity index (χ1v) is 4.48. The van der Waals surface area contributed by atoms with Crippen LogP contribution in [0.5, 0.6) is 0 Å². The van der Waals surface area contributed by atoms with Crippen LogP contribution in [0, 0.1) is 11.8 Å². The van der Waals surface area contributed by atoms with Crippen molar-refractivity contribution >= 4 is 6.29 Å². The highest BCUT2D eigenvalue weighted by Crippen LogP contribution is 2.40. The first kappa shape index (κ1) is 8.51. The first-order chi connectivity index (χ1) is 5.38. The van der Waals surface area contributed by atoms with Gasteiger partial charge in [-0.3, -0.25) is 0 Å². The summed E-state index contributed by atoms with van der Waals surface area (Å²) in [5.74, 6) is 1.12. The van der Waals surface area contributed by atoms with Crippen LogP contribution in [0.25, 0.3) is 0 Å². The van der Waals surface area contributed by atoms with Gasteiger partial charge in [0.1, 0.15) is 6.29 Å². The van der Waals surface area contributed by atoms with Gasteiger partial charge < -0.3 is 4.79 Å². The Kier molecular flexibility index (Phi) is 3.34. The Morgan fingerprint density at radius 3 is 2.82 bits per heavy atom. The molecule has 62 valence electrons. The Labute approximate surface area is 68.5 Å². The van der Waals surface area contributed by atoms with Crippen molar-refractivity contribution in [2.24, 2.45) is 11.8 Å². The van der Waals surface area contributed by atoms with Gasteiger partial charge in [0.15, 0.2) is 0 Å². The van der Waals surface area contributed by atoms with Crippen molar-refractivity contribution in [2.75, 3.05) is 0 Å². The van der Waals surface area contributed by atoms with Gasteiger partial charge in [0.2, 0.25) is 0 Å². The van der Waals surface area contributed by atoms with Crippen molar-refractivity contribution in [1.29, 1.82) is 0 Å². The van der Waals surface area contributed by atoms with Crippen LogP contribution in [0.3, 0.4) is 0 Å². The van der Waals surface area contributed by atoms with Crippen LogP contribution >= 0.6 is 0 Å². The molecule has 2 unspecified atom stereocenters. The summed E-state index contributed by atoms with van der Waals surface area (Å²) in [7, 11) is 0. The molecule has 1 rings (SSSR count). The van der Waals surface area contributed by atoms with Crippen LogP contribution in [-0.4, -0.2) is 6.29 Å². The van der Waals surface area contributed by atoms with Crippen LogP contribution in [0.2, 0.25) is 0 Å². The van der Waals surface area contributed by atoms with Crippen molar-refractivity contribution in [2.45, 2.75) is 32.6 Å². The molecule has 0 amide bonds. The fourth-order valence-corrected chi connectivity index (χ4v) is 1.36. The minimum atomic E-state index is 0.407. The van der Waals surface area contributed by atoms with E-state index in [1.807, 2.05) is 0 Å². The number of carbonyl (C=O) groups is 1. The molecular formula is C10H16O. The molecule has 1 aliphatic rings. The predicted molar refractivity (Wildman–Crippen MR) is 46.3 cm³/mol. The van der Waals surface area contributed by atoms with Crippen molar-refractivity contribution < 1.29 is 4.79 Å². The highest BCUT2D eigenvalue weighted by molar-refractivity contribution is 5.58. The molecule has 0 N–H and O–H groups in total. The average Bonchev–Trinajstić information content (AvgIpc) is 2.77. The third-order valence-corrected chi connectivity index (χ3v) is 2.26. The van der Waals surface area contributed by atoms with Gasteiger partial charge in [-0.25, -0.2) is 0 Å². The zero-order chi connectivity index (χ0) is 8.10. The van der Waals surface area contributed by atoms with E-state index in [4.69, 9.17) is 0 Å². The number of rotatable bonds is 5. The normalized spacial score (nSPS) is 29.2. The van der Waals surface area contributed by atoms with E-state index >= 15 is 0 Å². The highest BCUT2D eigenvalue weighted by atomic mass is 16.1. The second-order valence-electron chi connectivity index (χ2n) is 3.25. The summed E-state index contributed by atoms with van der Waals surface area (Å²) >= 11 is 0. The third-order valence-electron chi connectivity index (χ3n) is 2.26. The zero-order valence-electron chi connectivity index (χ0n) is 7.12. The predicted octanol–water partition coefficient (Wildman–Crippen LogP) is 2.57. The SMILES string of the molecule is CCC=CCCC1CC1C=O. The van der Waals surface area contributed by atoms with Crippen molar-refractivity contribution in [3.8, 4) is 0 Å². The number of aldehydes is 1. The number of hydrogen-bond donors (Lipinski definition) is 0. The van der Waals surface area contributed by atoms with Gasteiger partial charge in [0.25, 0.3) is 0 Å². The second kappa shape index (κ2) is 4.32. The Balaban J connectivity index is 1.97. The zero-order valence-corrected chi connectivity index (χ0v) is 7.12. The lowest BCUT2D eigenvalue weighted by atomic mass is 10.2. The maximum absolute atomic E-state index is 10.2. The fourth-order valence-electron chi connectivity index (χ4n) is 1.36. The topological polar surface area (TPSA) is 17.1 Å². The van der Waals surface area contributed by atoms with Crippen LogP contribution in [0.4, 0.5) is 0 Å². The summed E-state index contributed by atoms with van der Waals surface area (Å²) < 4.78 is 0. The monoisotopic (exact) mass is 152 g/mol. The quantitative estimate of drug-likeness (QED) is 0.437.